The quantitative estimate of drug-likeness (QED) is 0.381. The zero-order valence-electron chi connectivity index (χ0n) is 11.0. The van der Waals surface area contributed by atoms with E-state index in [1.54, 1.807) is 17.8 Å². The molecule has 0 saturated carbocycles. The van der Waals surface area contributed by atoms with Crippen molar-refractivity contribution >= 4 is 23.3 Å². The molecule has 0 saturated heterocycles. The highest BCUT2D eigenvalue weighted by Gasteiger charge is 2.15. The first-order valence-corrected chi connectivity index (χ1v) is 7.16. The molecular formula is C14H12N4O2S. The predicted octanol–water partition coefficient (Wildman–Crippen LogP) is 3.07. The summed E-state index contributed by atoms with van der Waals surface area (Å²) in [6.45, 7) is 0.648. The van der Waals surface area contributed by atoms with Crippen molar-refractivity contribution in [3.63, 3.8) is 0 Å². The number of hydrogen-bond acceptors (Lipinski definition) is 6. The van der Waals surface area contributed by atoms with Crippen LogP contribution in [0.5, 0.6) is 0 Å². The number of hydrogen-bond donors (Lipinski definition) is 1. The van der Waals surface area contributed by atoms with Gasteiger partial charge in [-0.3, -0.25) is 10.1 Å². The van der Waals surface area contributed by atoms with Gasteiger partial charge in [-0.1, -0.05) is 18.2 Å². The summed E-state index contributed by atoms with van der Waals surface area (Å²) < 4.78 is 0. The Labute approximate surface area is 126 Å². The van der Waals surface area contributed by atoms with Gasteiger partial charge in [-0.25, -0.2) is 4.98 Å². The van der Waals surface area contributed by atoms with Gasteiger partial charge in [0.15, 0.2) is 0 Å². The van der Waals surface area contributed by atoms with Crippen LogP contribution in [0.25, 0.3) is 0 Å². The van der Waals surface area contributed by atoms with Crippen LogP contribution in [0.2, 0.25) is 0 Å². The van der Waals surface area contributed by atoms with Gasteiger partial charge >= 0.3 is 5.69 Å². The molecule has 0 amide bonds. The number of nitrogens with one attached hydrogen (secondary N) is 1. The number of benzene rings is 1. The van der Waals surface area contributed by atoms with Gasteiger partial charge in [0.05, 0.1) is 4.92 Å². The fraction of sp³-hybridized carbons (Fsp3) is 0.143. The zero-order valence-corrected chi connectivity index (χ0v) is 11.8. The van der Waals surface area contributed by atoms with Crippen molar-refractivity contribution in [1.82, 2.24) is 4.98 Å². The van der Waals surface area contributed by atoms with E-state index in [9.17, 15) is 10.1 Å². The van der Waals surface area contributed by atoms with E-state index in [0.29, 0.717) is 12.4 Å². The number of thioether (sulfide) groups is 1. The molecule has 0 radical (unpaired) electrons. The van der Waals surface area contributed by atoms with Crippen LogP contribution in [0.3, 0.4) is 0 Å². The summed E-state index contributed by atoms with van der Waals surface area (Å²) in [6.07, 6.45) is 0. The molecule has 1 aromatic carbocycles. The van der Waals surface area contributed by atoms with Crippen LogP contribution in [0.1, 0.15) is 5.69 Å². The molecule has 6 nitrogen and oxygen atoms in total. The second kappa shape index (κ2) is 7.26. The Bertz CT molecular complexity index is 670. The molecular weight excluding hydrogens is 288 g/mol. The van der Waals surface area contributed by atoms with Crippen LogP contribution in [0, 0.1) is 21.4 Å². The molecule has 0 atom stereocenters. The van der Waals surface area contributed by atoms with Gasteiger partial charge in [-0.15, -0.1) is 11.8 Å². The lowest BCUT2D eigenvalue weighted by molar-refractivity contribution is -0.385. The molecule has 7 heteroatoms. The first-order valence-electron chi connectivity index (χ1n) is 6.18. The van der Waals surface area contributed by atoms with E-state index < -0.39 is 4.92 Å². The number of pyridine rings is 1. The number of nitrogens with zero attached hydrogens (tertiary/aromatic N) is 3. The summed E-state index contributed by atoms with van der Waals surface area (Å²) in [4.78, 5) is 15.2. The van der Waals surface area contributed by atoms with Crippen molar-refractivity contribution in [2.45, 2.75) is 4.90 Å². The van der Waals surface area contributed by atoms with Crippen molar-refractivity contribution < 1.29 is 4.92 Å². The normalized spacial score (nSPS) is 9.86. The lowest BCUT2D eigenvalue weighted by atomic mass is 10.3. The predicted molar refractivity (Wildman–Crippen MR) is 81.3 cm³/mol. The van der Waals surface area contributed by atoms with Crippen LogP contribution in [0.15, 0.2) is 47.4 Å². The van der Waals surface area contributed by atoms with Gasteiger partial charge in [0.2, 0.25) is 5.69 Å². The van der Waals surface area contributed by atoms with Gasteiger partial charge in [-0.05, 0) is 18.2 Å². The summed E-state index contributed by atoms with van der Waals surface area (Å²) in [6, 6.07) is 14.5. The van der Waals surface area contributed by atoms with Crippen molar-refractivity contribution in [2.24, 2.45) is 0 Å². The molecule has 106 valence electrons. The third kappa shape index (κ3) is 4.19. The smallest absolute Gasteiger partial charge is 0.305 e. The van der Waals surface area contributed by atoms with E-state index in [-0.39, 0.29) is 11.4 Å². The van der Waals surface area contributed by atoms with Crippen LogP contribution < -0.4 is 5.32 Å². The average Bonchev–Trinajstić information content (AvgIpc) is 2.52. The maximum absolute atomic E-state index is 10.7. The molecule has 1 N–H and O–H groups in total. The van der Waals surface area contributed by atoms with Gasteiger partial charge in [0.1, 0.15) is 11.9 Å². The molecule has 0 bridgehead atoms. The average molecular weight is 300 g/mol. The number of rotatable bonds is 6. The first-order chi connectivity index (χ1) is 10.2. The summed E-state index contributed by atoms with van der Waals surface area (Å²) in [5.41, 5.74) is -0.456. The molecule has 0 aliphatic heterocycles. The Hall–Kier alpha value is -2.59. The Balaban J connectivity index is 1.89. The maximum atomic E-state index is 10.7. The van der Waals surface area contributed by atoms with Crippen LogP contribution in [-0.4, -0.2) is 22.2 Å². The van der Waals surface area contributed by atoms with Gasteiger partial charge in [-0.2, -0.15) is 5.26 Å². The highest BCUT2D eigenvalue weighted by molar-refractivity contribution is 7.99. The SMILES string of the molecule is N#Cc1nc(NCCSc2ccccc2)ccc1[N+](=O)[O-]. The monoisotopic (exact) mass is 300 g/mol. The third-order valence-corrected chi connectivity index (χ3v) is 3.61. The number of nitro groups is 1. The van der Waals surface area contributed by atoms with Crippen molar-refractivity contribution in [3.05, 3.63) is 58.3 Å². The van der Waals surface area contributed by atoms with E-state index >= 15 is 0 Å². The van der Waals surface area contributed by atoms with E-state index in [1.165, 1.54) is 17.0 Å². The summed E-state index contributed by atoms with van der Waals surface area (Å²) >= 11 is 1.69. The molecule has 0 unspecified atom stereocenters. The molecule has 0 aliphatic rings. The number of nitriles is 1. The van der Waals surface area contributed by atoms with Crippen LogP contribution in [0.4, 0.5) is 11.5 Å². The summed E-state index contributed by atoms with van der Waals surface area (Å²) in [7, 11) is 0. The van der Waals surface area contributed by atoms with E-state index in [4.69, 9.17) is 5.26 Å². The van der Waals surface area contributed by atoms with Crippen molar-refractivity contribution in [1.29, 1.82) is 5.26 Å². The molecule has 1 aromatic heterocycles. The summed E-state index contributed by atoms with van der Waals surface area (Å²) in [5.74, 6) is 1.29. The second-order valence-corrected chi connectivity index (χ2v) is 5.19. The number of anilines is 1. The fourth-order valence-corrected chi connectivity index (χ4v) is 2.43. The Kier molecular flexibility index (Phi) is 5.12. The Morgan fingerprint density at radius 1 is 1.29 bits per heavy atom. The minimum Gasteiger partial charge on any atom is -0.369 e. The highest BCUT2D eigenvalue weighted by Crippen LogP contribution is 2.19. The molecule has 21 heavy (non-hydrogen) atoms. The summed E-state index contributed by atoms with van der Waals surface area (Å²) in [5, 5.41) is 22.6. The van der Waals surface area contributed by atoms with Crippen LogP contribution in [-0.2, 0) is 0 Å². The van der Waals surface area contributed by atoms with Gasteiger partial charge in [0, 0.05) is 23.3 Å². The highest BCUT2D eigenvalue weighted by atomic mass is 32.2. The largest absolute Gasteiger partial charge is 0.369 e. The Morgan fingerprint density at radius 2 is 2.05 bits per heavy atom. The van der Waals surface area contributed by atoms with E-state index in [1.807, 2.05) is 30.3 Å². The van der Waals surface area contributed by atoms with Crippen molar-refractivity contribution in [2.75, 3.05) is 17.6 Å². The molecule has 1 heterocycles. The molecule has 0 spiro atoms. The zero-order chi connectivity index (χ0) is 15.1. The van der Waals surface area contributed by atoms with Gasteiger partial charge < -0.3 is 5.32 Å². The topological polar surface area (TPSA) is 91.8 Å². The molecule has 0 fully saturated rings. The molecule has 0 aliphatic carbocycles. The molecule has 2 rings (SSSR count). The third-order valence-electron chi connectivity index (χ3n) is 2.60. The van der Waals surface area contributed by atoms with Gasteiger partial charge in [0.25, 0.3) is 0 Å². The second-order valence-electron chi connectivity index (χ2n) is 4.02. The first kappa shape index (κ1) is 14.8. The molecule has 2 aromatic rings. The van der Waals surface area contributed by atoms with Crippen molar-refractivity contribution in [3.8, 4) is 6.07 Å². The van der Waals surface area contributed by atoms with E-state index in [2.05, 4.69) is 10.3 Å². The van der Waals surface area contributed by atoms with Crippen LogP contribution >= 0.6 is 11.8 Å². The minimum atomic E-state index is -0.611. The fourth-order valence-electron chi connectivity index (χ4n) is 1.64. The Morgan fingerprint density at radius 3 is 2.71 bits per heavy atom. The minimum absolute atomic E-state index is 0.180. The standard InChI is InChI=1S/C14H12N4O2S/c15-10-12-13(18(19)20)6-7-14(17-12)16-8-9-21-11-4-2-1-3-5-11/h1-7H,8-9H2,(H,16,17). The number of aromatic nitrogens is 1. The van der Waals surface area contributed by atoms with E-state index in [0.717, 1.165) is 5.75 Å². The lowest BCUT2D eigenvalue weighted by Gasteiger charge is -2.05. The lowest BCUT2D eigenvalue weighted by Crippen LogP contribution is -2.07. The maximum Gasteiger partial charge on any atom is 0.305 e.